The molecule has 1 aliphatic rings. The molecule has 1 aromatic carbocycles. The van der Waals surface area contributed by atoms with Gasteiger partial charge in [-0.15, -0.1) is 11.3 Å². The van der Waals surface area contributed by atoms with Crippen LogP contribution in [0.2, 0.25) is 0 Å². The SMILES string of the molecule is CN(Cc1ccccc1F)C(=O)Cc1csc(N2CCCC2=O)n1. The predicted octanol–water partition coefficient (Wildman–Crippen LogP) is 2.61. The van der Waals surface area contributed by atoms with Gasteiger partial charge < -0.3 is 4.90 Å². The van der Waals surface area contributed by atoms with Gasteiger partial charge in [0.2, 0.25) is 11.8 Å². The molecule has 7 heteroatoms. The summed E-state index contributed by atoms with van der Waals surface area (Å²) in [5.74, 6) is -0.373. The minimum absolute atomic E-state index is 0.0823. The lowest BCUT2D eigenvalue weighted by atomic mass is 10.2. The average Bonchev–Trinajstić information content (AvgIpc) is 3.18. The number of aromatic nitrogens is 1. The quantitative estimate of drug-likeness (QED) is 0.835. The molecule has 5 nitrogen and oxygen atoms in total. The fourth-order valence-corrected chi connectivity index (χ4v) is 3.48. The lowest BCUT2D eigenvalue weighted by molar-refractivity contribution is -0.129. The van der Waals surface area contributed by atoms with Crippen LogP contribution in [0.3, 0.4) is 0 Å². The number of anilines is 1. The zero-order valence-corrected chi connectivity index (χ0v) is 14.2. The number of hydrogen-bond acceptors (Lipinski definition) is 4. The van der Waals surface area contributed by atoms with E-state index < -0.39 is 0 Å². The standard InChI is InChI=1S/C17H18FN3O2S/c1-20(10-12-5-2-3-6-14(12)18)16(23)9-13-11-24-17(19-13)21-8-4-7-15(21)22/h2-3,5-6,11H,4,7-10H2,1H3. The van der Waals surface area contributed by atoms with E-state index in [-0.39, 0.29) is 30.6 Å². The molecular formula is C17H18FN3O2S. The molecule has 0 unspecified atom stereocenters. The van der Waals surface area contributed by atoms with Crippen molar-refractivity contribution in [3.63, 3.8) is 0 Å². The monoisotopic (exact) mass is 347 g/mol. The highest BCUT2D eigenvalue weighted by Gasteiger charge is 2.24. The zero-order valence-electron chi connectivity index (χ0n) is 13.4. The molecule has 0 bridgehead atoms. The van der Waals surface area contributed by atoms with E-state index in [1.54, 1.807) is 35.5 Å². The molecule has 126 valence electrons. The van der Waals surface area contributed by atoms with E-state index in [1.807, 2.05) is 0 Å². The molecule has 3 rings (SSSR count). The first-order valence-corrected chi connectivity index (χ1v) is 8.64. The van der Waals surface area contributed by atoms with Crippen LogP contribution < -0.4 is 4.90 Å². The number of rotatable bonds is 5. The number of carbonyl (C=O) groups is 2. The van der Waals surface area contributed by atoms with Gasteiger partial charge >= 0.3 is 0 Å². The van der Waals surface area contributed by atoms with Gasteiger partial charge in [-0.25, -0.2) is 9.37 Å². The third-order valence-electron chi connectivity index (χ3n) is 3.97. The molecule has 1 saturated heterocycles. The summed E-state index contributed by atoms with van der Waals surface area (Å²) in [5, 5.41) is 2.45. The molecule has 1 aromatic heterocycles. The maximum atomic E-state index is 13.7. The topological polar surface area (TPSA) is 53.5 Å². The van der Waals surface area contributed by atoms with Crippen molar-refractivity contribution in [2.45, 2.75) is 25.8 Å². The summed E-state index contributed by atoms with van der Waals surface area (Å²) in [6, 6.07) is 6.42. The molecule has 2 aromatic rings. The minimum Gasteiger partial charge on any atom is -0.341 e. The molecular weight excluding hydrogens is 329 g/mol. The largest absolute Gasteiger partial charge is 0.341 e. The first-order chi connectivity index (χ1) is 11.5. The second-order valence-corrected chi connectivity index (χ2v) is 6.62. The van der Waals surface area contributed by atoms with Crippen molar-refractivity contribution >= 4 is 28.3 Å². The molecule has 0 spiro atoms. The van der Waals surface area contributed by atoms with Gasteiger partial charge in [-0.05, 0) is 12.5 Å². The molecule has 0 N–H and O–H groups in total. The van der Waals surface area contributed by atoms with Crippen molar-refractivity contribution in [1.29, 1.82) is 0 Å². The minimum atomic E-state index is -0.319. The van der Waals surface area contributed by atoms with Crippen LogP contribution in [-0.2, 0) is 22.6 Å². The fourth-order valence-electron chi connectivity index (χ4n) is 2.61. The van der Waals surface area contributed by atoms with Crippen LogP contribution in [0.1, 0.15) is 24.1 Å². The van der Waals surface area contributed by atoms with Gasteiger partial charge in [-0.1, -0.05) is 18.2 Å². The molecule has 0 aliphatic carbocycles. The van der Waals surface area contributed by atoms with Crippen molar-refractivity contribution in [2.75, 3.05) is 18.5 Å². The number of amides is 2. The van der Waals surface area contributed by atoms with Crippen molar-refractivity contribution < 1.29 is 14.0 Å². The third-order valence-corrected chi connectivity index (χ3v) is 4.88. The maximum Gasteiger partial charge on any atom is 0.228 e. The van der Waals surface area contributed by atoms with E-state index in [2.05, 4.69) is 4.98 Å². The summed E-state index contributed by atoms with van der Waals surface area (Å²) in [4.78, 5) is 31.6. The lowest BCUT2D eigenvalue weighted by Gasteiger charge is -2.17. The Kier molecular flexibility index (Phi) is 4.89. The zero-order chi connectivity index (χ0) is 17.1. The molecule has 2 amide bonds. The fraction of sp³-hybridized carbons (Fsp3) is 0.353. The highest BCUT2D eigenvalue weighted by molar-refractivity contribution is 7.14. The normalized spacial score (nSPS) is 14.2. The Morgan fingerprint density at radius 1 is 1.42 bits per heavy atom. The maximum absolute atomic E-state index is 13.7. The van der Waals surface area contributed by atoms with E-state index in [0.717, 1.165) is 6.42 Å². The van der Waals surface area contributed by atoms with Gasteiger partial charge in [0.05, 0.1) is 12.1 Å². The Morgan fingerprint density at radius 3 is 2.92 bits per heavy atom. The van der Waals surface area contributed by atoms with E-state index >= 15 is 0 Å². The molecule has 0 saturated carbocycles. The molecule has 0 radical (unpaired) electrons. The second-order valence-electron chi connectivity index (χ2n) is 5.79. The molecule has 0 atom stereocenters. The number of hydrogen-bond donors (Lipinski definition) is 0. The Bertz CT molecular complexity index is 762. The summed E-state index contributed by atoms with van der Waals surface area (Å²) in [6.45, 7) is 0.903. The average molecular weight is 347 g/mol. The van der Waals surface area contributed by atoms with Gasteiger partial charge in [0.25, 0.3) is 0 Å². The van der Waals surface area contributed by atoms with Crippen LogP contribution in [0.4, 0.5) is 9.52 Å². The smallest absolute Gasteiger partial charge is 0.228 e. The third kappa shape index (κ3) is 3.62. The van der Waals surface area contributed by atoms with Crippen molar-refractivity contribution in [3.05, 3.63) is 46.7 Å². The van der Waals surface area contributed by atoms with Crippen LogP contribution in [-0.4, -0.2) is 35.3 Å². The Morgan fingerprint density at radius 2 is 2.21 bits per heavy atom. The highest BCUT2D eigenvalue weighted by Crippen LogP contribution is 2.25. The van der Waals surface area contributed by atoms with Gasteiger partial charge in [-0.2, -0.15) is 0 Å². The van der Waals surface area contributed by atoms with Crippen molar-refractivity contribution in [2.24, 2.45) is 0 Å². The number of likely N-dealkylation sites (N-methyl/N-ethyl adjacent to an activating group) is 1. The Labute approximate surface area is 143 Å². The first kappa shape index (κ1) is 16.6. The highest BCUT2D eigenvalue weighted by atomic mass is 32.1. The van der Waals surface area contributed by atoms with Gasteiger partial charge in [0, 0.05) is 37.5 Å². The van der Waals surface area contributed by atoms with E-state index in [0.29, 0.717) is 29.4 Å². The van der Waals surface area contributed by atoms with Crippen LogP contribution in [0.25, 0.3) is 0 Å². The number of benzene rings is 1. The summed E-state index contributed by atoms with van der Waals surface area (Å²) in [7, 11) is 1.64. The lowest BCUT2D eigenvalue weighted by Crippen LogP contribution is -2.28. The van der Waals surface area contributed by atoms with E-state index in [4.69, 9.17) is 0 Å². The molecule has 24 heavy (non-hydrogen) atoms. The van der Waals surface area contributed by atoms with Crippen molar-refractivity contribution in [1.82, 2.24) is 9.88 Å². The molecule has 1 fully saturated rings. The predicted molar refractivity (Wildman–Crippen MR) is 90.3 cm³/mol. The summed E-state index contributed by atoms with van der Waals surface area (Å²) >= 11 is 1.37. The number of thiazole rings is 1. The van der Waals surface area contributed by atoms with Gasteiger partial charge in [0.1, 0.15) is 5.82 Å². The summed E-state index contributed by atoms with van der Waals surface area (Å²) in [5.41, 5.74) is 1.12. The van der Waals surface area contributed by atoms with E-state index in [9.17, 15) is 14.0 Å². The Balaban J connectivity index is 1.61. The van der Waals surface area contributed by atoms with Crippen molar-refractivity contribution in [3.8, 4) is 0 Å². The van der Waals surface area contributed by atoms with Crippen LogP contribution in [0, 0.1) is 5.82 Å². The van der Waals surface area contributed by atoms with Gasteiger partial charge in [-0.3, -0.25) is 14.5 Å². The van der Waals surface area contributed by atoms with Crippen LogP contribution in [0.15, 0.2) is 29.6 Å². The number of nitrogens with zero attached hydrogens (tertiary/aromatic N) is 3. The van der Waals surface area contributed by atoms with Crippen LogP contribution in [0.5, 0.6) is 0 Å². The molecule has 1 aliphatic heterocycles. The Hall–Kier alpha value is -2.28. The molecule has 2 heterocycles. The second kappa shape index (κ2) is 7.09. The summed E-state index contributed by atoms with van der Waals surface area (Å²) in [6.07, 6.45) is 1.54. The van der Waals surface area contributed by atoms with Gasteiger partial charge in [0.15, 0.2) is 5.13 Å². The summed E-state index contributed by atoms with van der Waals surface area (Å²) < 4.78 is 13.7. The van der Waals surface area contributed by atoms with Crippen LogP contribution >= 0.6 is 11.3 Å². The first-order valence-electron chi connectivity index (χ1n) is 7.76. The number of halogens is 1. The van der Waals surface area contributed by atoms with E-state index in [1.165, 1.54) is 22.3 Å². The number of carbonyl (C=O) groups excluding carboxylic acids is 2.